The maximum atomic E-state index is 12.7. The smallest absolute Gasteiger partial charge is 0.166 e. The van der Waals surface area contributed by atoms with Crippen molar-refractivity contribution >= 4 is 5.78 Å². The molecule has 2 aliphatic rings. The Kier molecular flexibility index (Phi) is 3.31. The molecule has 0 aliphatic carbocycles. The summed E-state index contributed by atoms with van der Waals surface area (Å²) in [7, 11) is 1.63. The first-order valence-electron chi connectivity index (χ1n) is 7.01. The Labute approximate surface area is 113 Å². The van der Waals surface area contributed by atoms with E-state index in [1.54, 1.807) is 7.11 Å². The van der Waals surface area contributed by atoms with Gasteiger partial charge in [0.15, 0.2) is 5.78 Å². The number of hydrogen-bond acceptors (Lipinski definition) is 3. The lowest BCUT2D eigenvalue weighted by Crippen LogP contribution is -2.30. The molecule has 3 nitrogen and oxygen atoms in total. The first-order valence-corrected chi connectivity index (χ1v) is 7.01. The predicted octanol–water partition coefficient (Wildman–Crippen LogP) is 3.14. The summed E-state index contributed by atoms with van der Waals surface area (Å²) in [6.07, 6.45) is 4.60. The molecule has 0 N–H and O–H groups in total. The van der Waals surface area contributed by atoms with Crippen molar-refractivity contribution in [1.29, 1.82) is 0 Å². The zero-order valence-corrected chi connectivity index (χ0v) is 11.5. The van der Waals surface area contributed by atoms with Crippen LogP contribution in [0.25, 0.3) is 0 Å². The van der Waals surface area contributed by atoms with Crippen molar-refractivity contribution in [3.63, 3.8) is 0 Å². The number of carbonyl (C=O) groups excluding carboxylic acids is 1. The second kappa shape index (κ2) is 4.97. The van der Waals surface area contributed by atoms with Gasteiger partial charge in [-0.1, -0.05) is 6.07 Å². The molecule has 1 aromatic carbocycles. The highest BCUT2D eigenvalue weighted by molar-refractivity contribution is 5.99. The first kappa shape index (κ1) is 12.7. The second-order valence-electron chi connectivity index (χ2n) is 5.67. The van der Waals surface area contributed by atoms with Gasteiger partial charge in [0.25, 0.3) is 0 Å². The fraction of sp³-hybridized carbons (Fsp3) is 0.562. The van der Waals surface area contributed by atoms with Gasteiger partial charge in [-0.25, -0.2) is 0 Å². The molecule has 3 rings (SSSR count). The maximum absolute atomic E-state index is 12.7. The van der Waals surface area contributed by atoms with Crippen LogP contribution in [0.15, 0.2) is 18.2 Å². The van der Waals surface area contributed by atoms with Gasteiger partial charge in [0, 0.05) is 11.5 Å². The molecule has 2 atom stereocenters. The third kappa shape index (κ3) is 2.39. The first-order chi connectivity index (χ1) is 9.17. The van der Waals surface area contributed by atoms with Crippen LogP contribution in [0, 0.1) is 12.8 Å². The molecule has 2 saturated heterocycles. The average molecular weight is 260 g/mol. The molecule has 2 heterocycles. The van der Waals surface area contributed by atoms with Crippen LogP contribution in [0.1, 0.15) is 41.6 Å². The molecule has 1 aromatic rings. The predicted molar refractivity (Wildman–Crippen MR) is 72.7 cm³/mol. The molecule has 2 unspecified atom stereocenters. The molecule has 102 valence electrons. The highest BCUT2D eigenvalue weighted by Crippen LogP contribution is 2.37. The van der Waals surface area contributed by atoms with E-state index in [4.69, 9.17) is 9.47 Å². The van der Waals surface area contributed by atoms with Gasteiger partial charge in [0.05, 0.1) is 19.3 Å². The molecule has 2 aliphatic heterocycles. The fourth-order valence-electron chi connectivity index (χ4n) is 3.29. The number of ketones is 1. The SMILES string of the molecule is COc1ccc(C)c(C(=O)C2CC3CCC(C2)O3)c1. The van der Waals surface area contributed by atoms with E-state index in [2.05, 4.69) is 0 Å². The quantitative estimate of drug-likeness (QED) is 0.783. The van der Waals surface area contributed by atoms with E-state index in [1.807, 2.05) is 25.1 Å². The van der Waals surface area contributed by atoms with Crippen LogP contribution in [0.5, 0.6) is 5.75 Å². The summed E-state index contributed by atoms with van der Waals surface area (Å²) in [6.45, 7) is 1.99. The van der Waals surface area contributed by atoms with Gasteiger partial charge in [-0.3, -0.25) is 4.79 Å². The number of benzene rings is 1. The van der Waals surface area contributed by atoms with Crippen LogP contribution in [-0.2, 0) is 4.74 Å². The minimum Gasteiger partial charge on any atom is -0.497 e. The number of Topliss-reactive ketones (excluding diaryl/α,β-unsaturated/α-hetero) is 1. The fourth-order valence-corrected chi connectivity index (χ4v) is 3.29. The Morgan fingerprint density at radius 2 is 1.95 bits per heavy atom. The van der Waals surface area contributed by atoms with Gasteiger partial charge in [-0.2, -0.15) is 0 Å². The molecule has 0 aromatic heterocycles. The zero-order chi connectivity index (χ0) is 13.4. The minimum atomic E-state index is 0.122. The third-order valence-electron chi connectivity index (χ3n) is 4.37. The number of rotatable bonds is 3. The van der Waals surface area contributed by atoms with E-state index >= 15 is 0 Å². The van der Waals surface area contributed by atoms with E-state index in [0.29, 0.717) is 12.2 Å². The Bertz CT molecular complexity index is 483. The zero-order valence-electron chi connectivity index (χ0n) is 11.5. The lowest BCUT2D eigenvalue weighted by molar-refractivity contribution is -0.0149. The second-order valence-corrected chi connectivity index (χ2v) is 5.67. The summed E-state index contributed by atoms with van der Waals surface area (Å²) in [5, 5.41) is 0. The summed E-state index contributed by atoms with van der Waals surface area (Å²) in [4.78, 5) is 12.7. The number of carbonyl (C=O) groups is 1. The lowest BCUT2D eigenvalue weighted by atomic mass is 9.86. The molecule has 0 amide bonds. The van der Waals surface area contributed by atoms with Gasteiger partial charge in [0.1, 0.15) is 5.75 Å². The molecular formula is C16H20O3. The van der Waals surface area contributed by atoms with E-state index in [-0.39, 0.29) is 11.7 Å². The highest BCUT2D eigenvalue weighted by Gasteiger charge is 2.38. The Hall–Kier alpha value is -1.35. The van der Waals surface area contributed by atoms with Crippen molar-refractivity contribution in [2.75, 3.05) is 7.11 Å². The average Bonchev–Trinajstić information content (AvgIpc) is 2.77. The Balaban J connectivity index is 1.83. The summed E-state index contributed by atoms with van der Waals surface area (Å²) < 4.78 is 11.0. The molecule has 0 radical (unpaired) electrons. The highest BCUT2D eigenvalue weighted by atomic mass is 16.5. The van der Waals surface area contributed by atoms with Gasteiger partial charge in [0.2, 0.25) is 0 Å². The number of fused-ring (bicyclic) bond motifs is 2. The Morgan fingerprint density at radius 1 is 1.26 bits per heavy atom. The monoisotopic (exact) mass is 260 g/mol. The maximum Gasteiger partial charge on any atom is 0.166 e. The van der Waals surface area contributed by atoms with Crippen LogP contribution >= 0.6 is 0 Å². The molecule has 19 heavy (non-hydrogen) atoms. The molecule has 3 heteroatoms. The Morgan fingerprint density at radius 3 is 2.58 bits per heavy atom. The number of ether oxygens (including phenoxy) is 2. The third-order valence-corrected chi connectivity index (χ3v) is 4.37. The van der Waals surface area contributed by atoms with E-state index < -0.39 is 0 Å². The molecule has 0 saturated carbocycles. The van der Waals surface area contributed by atoms with Crippen molar-refractivity contribution in [1.82, 2.24) is 0 Å². The van der Waals surface area contributed by atoms with Crippen LogP contribution in [0.2, 0.25) is 0 Å². The molecule has 2 fully saturated rings. The van der Waals surface area contributed by atoms with Crippen molar-refractivity contribution in [3.05, 3.63) is 29.3 Å². The summed E-state index contributed by atoms with van der Waals surface area (Å²) in [6, 6.07) is 5.73. The van der Waals surface area contributed by atoms with Gasteiger partial charge in [-0.05, 0) is 50.3 Å². The topological polar surface area (TPSA) is 35.5 Å². The van der Waals surface area contributed by atoms with Crippen LogP contribution in [0.4, 0.5) is 0 Å². The molecule has 0 spiro atoms. The summed E-state index contributed by atoms with van der Waals surface area (Å²) >= 11 is 0. The van der Waals surface area contributed by atoms with Gasteiger partial charge in [-0.15, -0.1) is 0 Å². The number of aryl methyl sites for hydroxylation is 1. The van der Waals surface area contributed by atoms with E-state index in [1.165, 1.54) is 0 Å². The van der Waals surface area contributed by atoms with E-state index in [0.717, 1.165) is 42.6 Å². The minimum absolute atomic E-state index is 0.122. The molecular weight excluding hydrogens is 240 g/mol. The molecule has 2 bridgehead atoms. The van der Waals surface area contributed by atoms with Crippen LogP contribution in [0.3, 0.4) is 0 Å². The number of methoxy groups -OCH3 is 1. The largest absolute Gasteiger partial charge is 0.497 e. The van der Waals surface area contributed by atoms with Gasteiger partial charge >= 0.3 is 0 Å². The normalized spacial score (nSPS) is 29.3. The summed E-state index contributed by atoms with van der Waals surface area (Å²) in [5.74, 6) is 1.14. The number of hydrogen-bond donors (Lipinski definition) is 0. The van der Waals surface area contributed by atoms with Crippen molar-refractivity contribution in [2.45, 2.75) is 44.8 Å². The van der Waals surface area contributed by atoms with Crippen molar-refractivity contribution < 1.29 is 14.3 Å². The van der Waals surface area contributed by atoms with Gasteiger partial charge < -0.3 is 9.47 Å². The van der Waals surface area contributed by atoms with Crippen molar-refractivity contribution in [2.24, 2.45) is 5.92 Å². The van der Waals surface area contributed by atoms with E-state index in [9.17, 15) is 4.79 Å². The van der Waals surface area contributed by atoms with Crippen molar-refractivity contribution in [3.8, 4) is 5.75 Å². The van der Waals surface area contributed by atoms with Crippen LogP contribution < -0.4 is 4.74 Å². The summed E-state index contributed by atoms with van der Waals surface area (Å²) in [5.41, 5.74) is 1.84. The standard InChI is InChI=1S/C16H20O3/c1-10-3-4-12(18-2)9-15(10)16(17)11-7-13-5-6-14(8-11)19-13/h3-4,9,11,13-14H,5-8H2,1-2H3. The lowest BCUT2D eigenvalue weighted by Gasteiger charge is -2.27. The van der Waals surface area contributed by atoms with Crippen LogP contribution in [-0.4, -0.2) is 25.1 Å².